The summed E-state index contributed by atoms with van der Waals surface area (Å²) in [6, 6.07) is 10.0. The second kappa shape index (κ2) is 8.74. The van der Waals surface area contributed by atoms with Gasteiger partial charge in [0.1, 0.15) is 5.82 Å². The Morgan fingerprint density at radius 2 is 1.91 bits per heavy atom. The number of carbonyl (C=O) groups excluding carboxylic acids is 2. The van der Waals surface area contributed by atoms with Crippen molar-refractivity contribution in [3.8, 4) is 11.1 Å². The molecule has 0 bridgehead atoms. The zero-order valence-electron chi connectivity index (χ0n) is 18.9. The van der Waals surface area contributed by atoms with Gasteiger partial charge in [-0.1, -0.05) is 29.8 Å². The number of fused-ring (bicyclic) bond motifs is 1. The van der Waals surface area contributed by atoms with Crippen LogP contribution in [0.5, 0.6) is 0 Å². The monoisotopic (exact) mass is 478 g/mol. The molecule has 174 valence electrons. The van der Waals surface area contributed by atoms with E-state index in [0.29, 0.717) is 41.2 Å². The van der Waals surface area contributed by atoms with Crippen molar-refractivity contribution in [2.75, 3.05) is 38.5 Å². The number of H-pyrrole nitrogens is 1. The van der Waals surface area contributed by atoms with Gasteiger partial charge in [-0.2, -0.15) is 0 Å². The first-order valence-corrected chi connectivity index (χ1v) is 11.5. The highest BCUT2D eigenvalue weighted by atomic mass is 35.5. The first kappa shape index (κ1) is 22.4. The Balaban J connectivity index is 1.53. The van der Waals surface area contributed by atoms with E-state index >= 15 is 0 Å². The van der Waals surface area contributed by atoms with Crippen molar-refractivity contribution in [3.05, 3.63) is 75.8 Å². The average Bonchev–Trinajstić information content (AvgIpc) is 3.35. The molecule has 2 amide bonds. The van der Waals surface area contributed by atoms with Crippen LogP contribution in [0.25, 0.3) is 22.8 Å². The first-order chi connectivity index (χ1) is 16.3. The number of benzene rings is 2. The molecule has 3 heterocycles. The molecule has 0 atom stereocenters. The maximum atomic E-state index is 13.7. The molecule has 34 heavy (non-hydrogen) atoms. The van der Waals surface area contributed by atoms with Gasteiger partial charge in [0.05, 0.1) is 16.2 Å². The number of aromatic nitrogens is 1. The molecule has 1 fully saturated rings. The van der Waals surface area contributed by atoms with E-state index in [4.69, 9.17) is 11.6 Å². The number of rotatable bonds is 3. The molecule has 0 spiro atoms. The lowest BCUT2D eigenvalue weighted by molar-refractivity contribution is -0.110. The van der Waals surface area contributed by atoms with Gasteiger partial charge in [0.25, 0.3) is 11.8 Å². The second-order valence-electron chi connectivity index (χ2n) is 8.71. The van der Waals surface area contributed by atoms with Gasteiger partial charge in [0.15, 0.2) is 0 Å². The summed E-state index contributed by atoms with van der Waals surface area (Å²) in [6.07, 6.45) is 3.48. The van der Waals surface area contributed by atoms with Crippen LogP contribution in [0.4, 0.5) is 10.1 Å². The topological polar surface area (TPSA) is 68.4 Å². The fourth-order valence-corrected chi connectivity index (χ4v) is 4.68. The number of nitrogens with zero attached hydrogens (tertiary/aromatic N) is 2. The molecule has 2 aromatic carbocycles. The van der Waals surface area contributed by atoms with Crippen LogP contribution in [0.2, 0.25) is 5.02 Å². The number of piperazine rings is 1. The summed E-state index contributed by atoms with van der Waals surface area (Å²) in [5.74, 6) is -0.747. The highest BCUT2D eigenvalue weighted by Crippen LogP contribution is 2.41. The summed E-state index contributed by atoms with van der Waals surface area (Å²) >= 11 is 6.02. The highest BCUT2D eigenvalue weighted by Gasteiger charge is 2.29. The Morgan fingerprint density at radius 3 is 2.65 bits per heavy atom. The SMILES string of the molecule is Cc1c(C(=O)N2CCN(C)CC2)c[nH]c1/C=C1\C(=O)Nc2cccc(-c3ccc(F)c(Cl)c3)c21. The first-order valence-electron chi connectivity index (χ1n) is 11.1. The fourth-order valence-electron chi connectivity index (χ4n) is 4.50. The lowest BCUT2D eigenvalue weighted by atomic mass is 9.94. The molecule has 2 N–H and O–H groups in total. The minimum absolute atomic E-state index is 0.00980. The van der Waals surface area contributed by atoms with E-state index in [0.717, 1.165) is 29.8 Å². The summed E-state index contributed by atoms with van der Waals surface area (Å²) in [5, 5.41) is 2.92. The van der Waals surface area contributed by atoms with E-state index in [2.05, 4.69) is 15.2 Å². The molecule has 2 aliphatic rings. The fraction of sp³-hybridized carbons (Fsp3) is 0.231. The smallest absolute Gasteiger partial charge is 0.256 e. The molecule has 0 radical (unpaired) electrons. The van der Waals surface area contributed by atoms with Crippen LogP contribution in [0.15, 0.2) is 42.6 Å². The minimum Gasteiger partial charge on any atom is -0.361 e. The number of amides is 2. The number of anilines is 1. The summed E-state index contributed by atoms with van der Waals surface area (Å²) in [5.41, 5.74) is 5.43. The molecule has 5 rings (SSSR count). The van der Waals surface area contributed by atoms with Gasteiger partial charge in [-0.3, -0.25) is 9.59 Å². The lowest BCUT2D eigenvalue weighted by Crippen LogP contribution is -2.47. The van der Waals surface area contributed by atoms with Gasteiger partial charge < -0.3 is 20.1 Å². The van der Waals surface area contributed by atoms with E-state index in [1.165, 1.54) is 6.07 Å². The summed E-state index contributed by atoms with van der Waals surface area (Å²) in [4.78, 5) is 33.2. The normalized spacial score (nSPS) is 17.2. The van der Waals surface area contributed by atoms with Gasteiger partial charge in [0, 0.05) is 49.3 Å². The van der Waals surface area contributed by atoms with Crippen molar-refractivity contribution >= 4 is 40.8 Å². The Morgan fingerprint density at radius 1 is 1.15 bits per heavy atom. The Kier molecular flexibility index (Phi) is 5.75. The van der Waals surface area contributed by atoms with Gasteiger partial charge in [-0.25, -0.2) is 4.39 Å². The van der Waals surface area contributed by atoms with E-state index in [1.807, 2.05) is 37.1 Å². The number of aromatic amines is 1. The predicted molar refractivity (Wildman–Crippen MR) is 132 cm³/mol. The number of halogens is 2. The third-order valence-corrected chi connectivity index (χ3v) is 6.84. The van der Waals surface area contributed by atoms with E-state index in [9.17, 15) is 14.0 Å². The summed E-state index contributed by atoms with van der Waals surface area (Å²) in [6.45, 7) is 4.95. The largest absolute Gasteiger partial charge is 0.361 e. The van der Waals surface area contributed by atoms with Crippen molar-refractivity contribution < 1.29 is 14.0 Å². The van der Waals surface area contributed by atoms with E-state index in [1.54, 1.807) is 24.4 Å². The standard InChI is InChI=1S/C26H24ClFN4O2/c1-15-19(26(34)32-10-8-31(2)9-11-32)14-29-23(15)13-18-24-17(4-3-5-22(24)30-25(18)33)16-6-7-21(28)20(27)12-16/h3-7,12-14,29H,8-11H2,1-2H3,(H,30,33)/b18-13-. The Hall–Kier alpha value is -3.42. The molecule has 8 heteroatoms. The van der Waals surface area contributed by atoms with Crippen LogP contribution in [-0.4, -0.2) is 59.8 Å². The molecule has 1 aromatic heterocycles. The maximum absolute atomic E-state index is 13.7. The summed E-state index contributed by atoms with van der Waals surface area (Å²) < 4.78 is 13.7. The number of hydrogen-bond acceptors (Lipinski definition) is 3. The van der Waals surface area contributed by atoms with Crippen molar-refractivity contribution in [2.45, 2.75) is 6.92 Å². The summed E-state index contributed by atoms with van der Waals surface area (Å²) in [7, 11) is 2.05. The molecular weight excluding hydrogens is 455 g/mol. The molecular formula is C26H24ClFN4O2. The van der Waals surface area contributed by atoms with Crippen molar-refractivity contribution in [1.82, 2.24) is 14.8 Å². The van der Waals surface area contributed by atoms with Crippen LogP contribution < -0.4 is 5.32 Å². The van der Waals surface area contributed by atoms with Gasteiger partial charge in [0.2, 0.25) is 0 Å². The van der Waals surface area contributed by atoms with Crippen LogP contribution in [0.1, 0.15) is 27.2 Å². The van der Waals surface area contributed by atoms with Gasteiger partial charge in [-0.05, 0) is 54.9 Å². The van der Waals surface area contributed by atoms with Crippen molar-refractivity contribution in [2.24, 2.45) is 0 Å². The Labute approximate surface area is 202 Å². The van der Waals surface area contributed by atoms with Crippen LogP contribution in [0, 0.1) is 12.7 Å². The third-order valence-electron chi connectivity index (χ3n) is 6.55. The quantitative estimate of drug-likeness (QED) is 0.538. The molecule has 6 nitrogen and oxygen atoms in total. The second-order valence-corrected chi connectivity index (χ2v) is 9.11. The maximum Gasteiger partial charge on any atom is 0.256 e. The van der Waals surface area contributed by atoms with E-state index in [-0.39, 0.29) is 16.8 Å². The highest BCUT2D eigenvalue weighted by molar-refractivity contribution is 6.36. The van der Waals surface area contributed by atoms with Crippen molar-refractivity contribution in [3.63, 3.8) is 0 Å². The molecule has 0 unspecified atom stereocenters. The molecule has 0 saturated carbocycles. The van der Waals surface area contributed by atoms with Crippen molar-refractivity contribution in [1.29, 1.82) is 0 Å². The van der Waals surface area contributed by atoms with Crippen LogP contribution in [0.3, 0.4) is 0 Å². The van der Waals surface area contributed by atoms with Gasteiger partial charge in [-0.15, -0.1) is 0 Å². The number of likely N-dealkylation sites (N-methyl/N-ethyl adjacent to an activating group) is 1. The average molecular weight is 479 g/mol. The zero-order chi connectivity index (χ0) is 24.0. The zero-order valence-corrected chi connectivity index (χ0v) is 19.7. The third kappa shape index (κ3) is 3.91. The number of carbonyl (C=O) groups is 2. The minimum atomic E-state index is -0.498. The number of hydrogen-bond donors (Lipinski definition) is 2. The van der Waals surface area contributed by atoms with Crippen LogP contribution in [-0.2, 0) is 4.79 Å². The number of nitrogens with one attached hydrogen (secondary N) is 2. The molecule has 1 saturated heterocycles. The Bertz CT molecular complexity index is 1340. The molecule has 2 aliphatic heterocycles. The lowest BCUT2D eigenvalue weighted by Gasteiger charge is -2.32. The van der Waals surface area contributed by atoms with E-state index < -0.39 is 5.82 Å². The molecule has 3 aromatic rings. The molecule has 0 aliphatic carbocycles. The van der Waals surface area contributed by atoms with Crippen LogP contribution >= 0.6 is 11.6 Å². The van der Waals surface area contributed by atoms with Gasteiger partial charge >= 0.3 is 0 Å². The predicted octanol–water partition coefficient (Wildman–Crippen LogP) is 4.66.